The van der Waals surface area contributed by atoms with Crippen molar-refractivity contribution in [3.8, 4) is 0 Å². The predicted molar refractivity (Wildman–Crippen MR) is 206 cm³/mol. The van der Waals surface area contributed by atoms with E-state index in [2.05, 4.69) is 0 Å². The molecule has 0 aliphatic carbocycles. The van der Waals surface area contributed by atoms with Crippen molar-refractivity contribution in [2.24, 2.45) is 0 Å². The Hall–Kier alpha value is -4.31. The average molecular weight is 864 g/mol. The van der Waals surface area contributed by atoms with E-state index in [1.165, 1.54) is 29.5 Å². The molecule has 1 unspecified atom stereocenters. The fourth-order valence-electron chi connectivity index (χ4n) is 6.98. The van der Waals surface area contributed by atoms with Gasteiger partial charge >= 0.3 is 5.97 Å². The maximum absolute atomic E-state index is 12.4. The van der Waals surface area contributed by atoms with E-state index in [9.17, 15) is 53.3 Å². The summed E-state index contributed by atoms with van der Waals surface area (Å²) < 4.78 is 108. The number of allylic oxidation sites excluding steroid dienone is 5. The number of anilines is 1. The van der Waals surface area contributed by atoms with Crippen molar-refractivity contribution < 1.29 is 62.7 Å². The van der Waals surface area contributed by atoms with Crippen LogP contribution in [0.5, 0.6) is 0 Å². The van der Waals surface area contributed by atoms with E-state index < -0.39 is 70.0 Å². The van der Waals surface area contributed by atoms with Crippen molar-refractivity contribution in [2.45, 2.75) is 81.6 Å². The van der Waals surface area contributed by atoms with Crippen molar-refractivity contribution >= 4 is 81.5 Å². The van der Waals surface area contributed by atoms with Gasteiger partial charge in [0.05, 0.1) is 25.1 Å². The van der Waals surface area contributed by atoms with Gasteiger partial charge in [0.2, 0.25) is 5.52 Å². The lowest BCUT2D eigenvalue weighted by atomic mass is 9.77. The molecule has 2 amide bonds. The summed E-state index contributed by atoms with van der Waals surface area (Å²) in [5, 5.41) is 1.28. The van der Waals surface area contributed by atoms with Gasteiger partial charge in [0.15, 0.2) is 6.54 Å². The zero-order chi connectivity index (χ0) is 41.6. The minimum absolute atomic E-state index is 0.0290. The van der Waals surface area contributed by atoms with Gasteiger partial charge in [0.1, 0.15) is 14.8 Å². The van der Waals surface area contributed by atoms with Crippen LogP contribution in [0.25, 0.3) is 16.3 Å². The van der Waals surface area contributed by atoms with Crippen LogP contribution in [0.3, 0.4) is 0 Å². The first-order valence-electron chi connectivity index (χ1n) is 18.1. The second-order valence-electron chi connectivity index (χ2n) is 13.8. The number of hydroxylamine groups is 2. The molecule has 308 valence electrons. The third-order valence-corrected chi connectivity index (χ3v) is 13.2. The summed E-state index contributed by atoms with van der Waals surface area (Å²) in [4.78, 5) is 42.3. The summed E-state index contributed by atoms with van der Waals surface area (Å²) in [6.07, 6.45) is 10.5. The minimum atomic E-state index is -4.86. The summed E-state index contributed by atoms with van der Waals surface area (Å²) in [6, 6.07) is 11.5. The number of hydrogen-bond donors (Lipinski definition) is 0. The second-order valence-corrected chi connectivity index (χ2v) is 19.3. The molecule has 0 spiro atoms. The molecule has 5 rings (SSSR count). The van der Waals surface area contributed by atoms with Crippen molar-refractivity contribution in [1.82, 2.24) is 5.06 Å². The van der Waals surface area contributed by atoms with Gasteiger partial charge in [-0.05, 0) is 62.1 Å². The largest absolute Gasteiger partial charge is 0.748 e. The molecule has 57 heavy (non-hydrogen) atoms. The van der Waals surface area contributed by atoms with Crippen LogP contribution >= 0.6 is 11.3 Å². The summed E-state index contributed by atoms with van der Waals surface area (Å²) in [6.45, 7) is 2.22. The Morgan fingerprint density at radius 2 is 1.56 bits per heavy atom. The van der Waals surface area contributed by atoms with E-state index in [0.717, 1.165) is 15.2 Å². The number of rotatable bonds is 19. The van der Waals surface area contributed by atoms with E-state index in [1.807, 2.05) is 41.8 Å². The SMILES string of the molecule is CC1(CCCCCC(=O)ON2C(=O)CCC2=O)/C(=C/C=C/C=C/c2sc3ccccc3[n+]2CCCS(=O)(=O)[O-])N(CCCS(=O)(=O)[O-])c2ccc(S(=O)(=O)[O-])cc21. The Kier molecular flexibility index (Phi) is 13.9. The summed E-state index contributed by atoms with van der Waals surface area (Å²) in [5.74, 6) is -3.06. The number of carbonyl (C=O) groups is 3. The molecule has 0 radical (unpaired) electrons. The quantitative estimate of drug-likeness (QED) is 0.0548. The lowest BCUT2D eigenvalue weighted by Crippen LogP contribution is -2.35. The Morgan fingerprint density at radius 1 is 0.877 bits per heavy atom. The highest BCUT2D eigenvalue weighted by Crippen LogP contribution is 2.51. The number of aromatic nitrogens is 1. The molecule has 3 heterocycles. The van der Waals surface area contributed by atoms with Crippen LogP contribution in [-0.4, -0.2) is 79.8 Å². The monoisotopic (exact) mass is 863 g/mol. The standard InChI is InChI=1S/C37H43N3O13S4/c1-37(21-9-3-6-16-36(43)53-40-33(41)19-20-34(40)42)28-26-27(57(50,51)52)17-18-29(28)38(22-10-24-55(44,45)46)32(37)14-4-2-5-15-35-39(23-11-25-56(47,48)49)30-12-7-8-13-31(30)54-35/h2,4-5,7-8,12-15,17-18,26H,3,6,9-11,16,19-25H2,1H3,(H2-,44,45,46,47,48,49,50,51,52)/p-2. The van der Waals surface area contributed by atoms with Crippen molar-refractivity contribution in [3.05, 3.63) is 83.0 Å². The number of nitrogens with zero attached hydrogens (tertiary/aromatic N) is 3. The number of aryl methyl sites for hydroxylation is 1. The molecule has 2 aliphatic rings. The molecule has 3 aromatic rings. The van der Waals surface area contributed by atoms with Crippen molar-refractivity contribution in [2.75, 3.05) is 23.0 Å². The van der Waals surface area contributed by atoms with Crippen LogP contribution in [0.15, 0.2) is 77.4 Å². The molecule has 1 aromatic heterocycles. The highest BCUT2D eigenvalue weighted by Gasteiger charge is 2.43. The molecule has 2 aromatic carbocycles. The van der Waals surface area contributed by atoms with Gasteiger partial charge < -0.3 is 23.4 Å². The predicted octanol–water partition coefficient (Wildman–Crippen LogP) is 3.75. The van der Waals surface area contributed by atoms with Gasteiger partial charge in [0.25, 0.3) is 16.8 Å². The maximum Gasteiger partial charge on any atom is 0.333 e. The lowest BCUT2D eigenvalue weighted by Gasteiger charge is -2.31. The van der Waals surface area contributed by atoms with E-state index in [-0.39, 0.29) is 38.6 Å². The molecule has 0 saturated carbocycles. The molecule has 2 aliphatic heterocycles. The number of fused-ring (bicyclic) bond motifs is 2. The van der Waals surface area contributed by atoms with Gasteiger partial charge in [-0.1, -0.05) is 54.5 Å². The average Bonchev–Trinajstić information content (AvgIpc) is 3.71. The van der Waals surface area contributed by atoms with E-state index in [4.69, 9.17) is 4.84 Å². The third-order valence-electron chi connectivity index (χ3n) is 9.66. The lowest BCUT2D eigenvalue weighted by molar-refractivity contribution is -0.668. The molecule has 0 N–H and O–H groups in total. The topological polar surface area (TPSA) is 242 Å². The molecule has 16 nitrogen and oxygen atoms in total. The number of para-hydroxylation sites is 1. The first-order chi connectivity index (χ1) is 26.8. The number of benzene rings is 2. The molecule has 1 atom stereocenters. The first-order valence-corrected chi connectivity index (χ1v) is 23.4. The Balaban J connectivity index is 1.41. The normalized spacial score (nSPS) is 18.6. The third kappa shape index (κ3) is 11.4. The number of amides is 2. The summed E-state index contributed by atoms with van der Waals surface area (Å²) in [5.41, 5.74) is 1.59. The van der Waals surface area contributed by atoms with Gasteiger partial charge in [-0.2, -0.15) is 4.57 Å². The smallest absolute Gasteiger partial charge is 0.333 e. The zero-order valence-electron chi connectivity index (χ0n) is 30.9. The molecular weight excluding hydrogens is 823 g/mol. The summed E-state index contributed by atoms with van der Waals surface area (Å²) >= 11 is 1.47. The highest BCUT2D eigenvalue weighted by atomic mass is 32.2. The number of unbranched alkanes of at least 4 members (excludes halogenated alkanes) is 2. The van der Waals surface area contributed by atoms with Crippen LogP contribution < -0.4 is 9.47 Å². The minimum Gasteiger partial charge on any atom is -0.748 e. The van der Waals surface area contributed by atoms with Crippen LogP contribution in [-0.2, 0) is 61.5 Å². The highest BCUT2D eigenvalue weighted by molar-refractivity contribution is 7.86. The number of carbonyl (C=O) groups excluding carboxylic acids is 3. The Morgan fingerprint density at radius 3 is 2.25 bits per heavy atom. The van der Waals surface area contributed by atoms with Crippen molar-refractivity contribution in [1.29, 1.82) is 0 Å². The molecule has 20 heteroatoms. The Labute approximate surface area is 335 Å². The van der Waals surface area contributed by atoms with Gasteiger partial charge in [-0.15, -0.1) is 5.06 Å². The van der Waals surface area contributed by atoms with Crippen LogP contribution in [0.1, 0.15) is 75.3 Å². The van der Waals surface area contributed by atoms with Gasteiger partial charge in [-0.3, -0.25) is 9.59 Å². The van der Waals surface area contributed by atoms with Crippen molar-refractivity contribution in [3.63, 3.8) is 0 Å². The van der Waals surface area contributed by atoms with E-state index >= 15 is 0 Å². The zero-order valence-corrected chi connectivity index (χ0v) is 34.2. The molecule has 1 saturated heterocycles. The second kappa shape index (κ2) is 18.1. The van der Waals surface area contributed by atoms with Gasteiger partial charge in [-0.25, -0.2) is 30.0 Å². The molecule has 1 fully saturated rings. The van der Waals surface area contributed by atoms with E-state index in [0.29, 0.717) is 54.2 Å². The molecule has 0 bridgehead atoms. The van der Waals surface area contributed by atoms with Crippen LogP contribution in [0.2, 0.25) is 0 Å². The maximum atomic E-state index is 12.4. The van der Waals surface area contributed by atoms with Crippen LogP contribution in [0.4, 0.5) is 5.69 Å². The Bertz CT molecular complexity index is 2440. The molecular formula is C37H41N3O13S4-2. The number of thiazole rings is 1. The fourth-order valence-corrected chi connectivity index (χ4v) is 9.54. The van der Waals surface area contributed by atoms with E-state index in [1.54, 1.807) is 29.2 Å². The fraction of sp³-hybridized carbons (Fsp3) is 0.405. The number of imide groups is 1. The van der Waals surface area contributed by atoms with Gasteiger partial charge in [0, 0.05) is 72.7 Å². The summed E-state index contributed by atoms with van der Waals surface area (Å²) in [7, 11) is -13.8. The first kappa shape index (κ1) is 43.8. The van der Waals surface area contributed by atoms with Crippen LogP contribution in [0, 0.1) is 0 Å². The number of hydrogen-bond acceptors (Lipinski definition) is 15.